The van der Waals surface area contributed by atoms with E-state index >= 15 is 0 Å². The van der Waals surface area contributed by atoms with Crippen molar-refractivity contribution < 1.29 is 23.9 Å². The van der Waals surface area contributed by atoms with Crippen LogP contribution in [0.15, 0.2) is 78.9 Å². The molecule has 1 atom stereocenters. The Kier molecular flexibility index (Phi) is 7.59. The lowest BCUT2D eigenvalue weighted by molar-refractivity contribution is -0.119. The third kappa shape index (κ3) is 6.18. The minimum atomic E-state index is -0.936. The van der Waals surface area contributed by atoms with E-state index in [1.165, 1.54) is 25.3 Å². The number of methoxy groups -OCH3 is 1. The van der Waals surface area contributed by atoms with Crippen molar-refractivity contribution in [1.29, 1.82) is 0 Å². The van der Waals surface area contributed by atoms with Crippen LogP contribution in [0.1, 0.15) is 31.8 Å². The van der Waals surface area contributed by atoms with Crippen LogP contribution in [0.3, 0.4) is 0 Å². The van der Waals surface area contributed by atoms with Gasteiger partial charge < -0.3 is 20.5 Å². The van der Waals surface area contributed by atoms with Crippen molar-refractivity contribution in [3.63, 3.8) is 0 Å². The summed E-state index contributed by atoms with van der Waals surface area (Å²) in [5, 5.41) is 2.64. The van der Waals surface area contributed by atoms with E-state index in [-0.39, 0.29) is 17.5 Å². The second kappa shape index (κ2) is 10.8. The van der Waals surface area contributed by atoms with Gasteiger partial charge in [-0.3, -0.25) is 9.59 Å². The molecule has 3 N–H and O–H groups in total. The van der Waals surface area contributed by atoms with E-state index in [2.05, 4.69) is 10.1 Å². The Morgan fingerprint density at radius 3 is 2.28 bits per heavy atom. The summed E-state index contributed by atoms with van der Waals surface area (Å²) in [6, 6.07) is 22.1. The molecule has 164 valence electrons. The molecular formula is C25H24N2O5. The van der Waals surface area contributed by atoms with E-state index < -0.39 is 23.8 Å². The number of hydrogen-bond donors (Lipinski definition) is 2. The third-order valence-corrected chi connectivity index (χ3v) is 4.78. The minimum absolute atomic E-state index is 0.195. The van der Waals surface area contributed by atoms with Crippen LogP contribution in [0, 0.1) is 0 Å². The SMILES string of the molecule is COC(=O)c1cccc(C(=O)N[C@H](Cc2cccc(OCc3ccccc3)c2)C(N)=O)c1. The lowest BCUT2D eigenvalue weighted by Crippen LogP contribution is -2.45. The van der Waals surface area contributed by atoms with Crippen molar-refractivity contribution >= 4 is 17.8 Å². The molecule has 0 unspecified atom stereocenters. The van der Waals surface area contributed by atoms with Gasteiger partial charge in [0.1, 0.15) is 18.4 Å². The number of nitrogens with two attached hydrogens (primary N) is 1. The van der Waals surface area contributed by atoms with Gasteiger partial charge in [-0.15, -0.1) is 0 Å². The number of esters is 1. The van der Waals surface area contributed by atoms with Gasteiger partial charge >= 0.3 is 5.97 Å². The molecule has 0 saturated heterocycles. The summed E-state index contributed by atoms with van der Waals surface area (Å²) in [6.45, 7) is 0.414. The summed E-state index contributed by atoms with van der Waals surface area (Å²) >= 11 is 0. The average Bonchev–Trinajstić information content (AvgIpc) is 2.82. The molecule has 3 rings (SSSR count). The number of benzene rings is 3. The zero-order chi connectivity index (χ0) is 22.9. The molecule has 7 heteroatoms. The van der Waals surface area contributed by atoms with Crippen LogP contribution in [-0.4, -0.2) is 30.9 Å². The molecule has 0 bridgehead atoms. The summed E-state index contributed by atoms with van der Waals surface area (Å²) in [5.41, 5.74) is 7.80. The van der Waals surface area contributed by atoms with Gasteiger partial charge in [-0.25, -0.2) is 4.79 Å². The van der Waals surface area contributed by atoms with Crippen LogP contribution >= 0.6 is 0 Å². The number of ether oxygens (including phenoxy) is 2. The van der Waals surface area contributed by atoms with Gasteiger partial charge in [0.25, 0.3) is 5.91 Å². The predicted molar refractivity (Wildman–Crippen MR) is 119 cm³/mol. The van der Waals surface area contributed by atoms with Crippen LogP contribution in [0.2, 0.25) is 0 Å². The quantitative estimate of drug-likeness (QED) is 0.506. The van der Waals surface area contributed by atoms with Crippen LogP contribution in [0.4, 0.5) is 0 Å². The third-order valence-electron chi connectivity index (χ3n) is 4.78. The molecule has 3 aromatic rings. The molecule has 0 spiro atoms. The number of amides is 2. The number of rotatable bonds is 9. The number of nitrogens with one attached hydrogen (secondary N) is 1. The highest BCUT2D eigenvalue weighted by Gasteiger charge is 2.20. The van der Waals surface area contributed by atoms with Crippen molar-refractivity contribution in [2.24, 2.45) is 5.73 Å². The first kappa shape index (κ1) is 22.6. The Labute approximate surface area is 186 Å². The Balaban J connectivity index is 1.67. The number of hydrogen-bond acceptors (Lipinski definition) is 5. The summed E-state index contributed by atoms with van der Waals surface area (Å²) in [6.07, 6.45) is 0.195. The van der Waals surface area contributed by atoms with Gasteiger partial charge in [0.2, 0.25) is 5.91 Å². The lowest BCUT2D eigenvalue weighted by Gasteiger charge is -2.16. The highest BCUT2D eigenvalue weighted by atomic mass is 16.5. The molecular weight excluding hydrogens is 408 g/mol. The molecule has 0 aromatic heterocycles. The Morgan fingerprint density at radius 1 is 0.875 bits per heavy atom. The van der Waals surface area contributed by atoms with Crippen molar-refractivity contribution in [2.45, 2.75) is 19.1 Å². The second-order valence-electron chi connectivity index (χ2n) is 7.13. The zero-order valence-electron chi connectivity index (χ0n) is 17.6. The Bertz CT molecular complexity index is 1100. The van der Waals surface area contributed by atoms with E-state index in [0.29, 0.717) is 12.4 Å². The molecule has 0 aliphatic carbocycles. The van der Waals surface area contributed by atoms with Gasteiger partial charge in [-0.05, 0) is 41.5 Å². The van der Waals surface area contributed by atoms with Gasteiger partial charge in [-0.1, -0.05) is 48.5 Å². The fraction of sp³-hybridized carbons (Fsp3) is 0.160. The molecule has 0 heterocycles. The Hall–Kier alpha value is -4.13. The van der Waals surface area contributed by atoms with Crippen LogP contribution in [0.5, 0.6) is 5.75 Å². The monoisotopic (exact) mass is 432 g/mol. The van der Waals surface area contributed by atoms with Crippen molar-refractivity contribution in [2.75, 3.05) is 7.11 Å². The first-order valence-electron chi connectivity index (χ1n) is 10.0. The molecule has 2 amide bonds. The number of primary amides is 1. The van der Waals surface area contributed by atoms with E-state index in [1.807, 2.05) is 54.6 Å². The molecule has 32 heavy (non-hydrogen) atoms. The predicted octanol–water partition coefficient (Wildman–Crippen LogP) is 2.88. The highest BCUT2D eigenvalue weighted by molar-refractivity contribution is 5.99. The molecule has 0 aliphatic heterocycles. The summed E-state index contributed by atoms with van der Waals surface area (Å²) < 4.78 is 10.5. The molecule has 0 radical (unpaired) electrons. The molecule has 0 aliphatic rings. The fourth-order valence-electron chi connectivity index (χ4n) is 3.11. The Morgan fingerprint density at radius 2 is 1.56 bits per heavy atom. The maximum Gasteiger partial charge on any atom is 0.337 e. The molecule has 7 nitrogen and oxygen atoms in total. The summed E-state index contributed by atoms with van der Waals surface area (Å²) in [7, 11) is 1.26. The van der Waals surface area contributed by atoms with E-state index in [9.17, 15) is 14.4 Å². The number of carbonyl (C=O) groups excluding carboxylic acids is 3. The normalized spacial score (nSPS) is 11.3. The lowest BCUT2D eigenvalue weighted by atomic mass is 10.0. The van der Waals surface area contributed by atoms with E-state index in [4.69, 9.17) is 10.5 Å². The van der Waals surface area contributed by atoms with Crippen LogP contribution in [-0.2, 0) is 22.6 Å². The first-order chi connectivity index (χ1) is 15.5. The maximum absolute atomic E-state index is 12.6. The van der Waals surface area contributed by atoms with Gasteiger partial charge in [-0.2, -0.15) is 0 Å². The summed E-state index contributed by atoms with van der Waals surface area (Å²) in [4.78, 5) is 36.3. The number of carbonyl (C=O) groups is 3. The largest absolute Gasteiger partial charge is 0.489 e. The van der Waals surface area contributed by atoms with Crippen LogP contribution in [0.25, 0.3) is 0 Å². The zero-order valence-corrected chi connectivity index (χ0v) is 17.6. The van der Waals surface area contributed by atoms with Crippen molar-refractivity contribution in [3.8, 4) is 5.75 Å². The highest BCUT2D eigenvalue weighted by Crippen LogP contribution is 2.17. The summed E-state index contributed by atoms with van der Waals surface area (Å²) in [5.74, 6) is -1.10. The first-order valence-corrected chi connectivity index (χ1v) is 10.0. The van der Waals surface area contributed by atoms with E-state index in [0.717, 1.165) is 11.1 Å². The van der Waals surface area contributed by atoms with Crippen molar-refractivity contribution in [3.05, 3.63) is 101 Å². The topological polar surface area (TPSA) is 108 Å². The molecule has 3 aromatic carbocycles. The van der Waals surface area contributed by atoms with Gasteiger partial charge in [0.15, 0.2) is 0 Å². The van der Waals surface area contributed by atoms with E-state index in [1.54, 1.807) is 6.07 Å². The molecule has 0 fully saturated rings. The van der Waals surface area contributed by atoms with Gasteiger partial charge in [0, 0.05) is 12.0 Å². The maximum atomic E-state index is 12.6. The van der Waals surface area contributed by atoms with Gasteiger partial charge in [0.05, 0.1) is 12.7 Å². The average molecular weight is 432 g/mol. The smallest absolute Gasteiger partial charge is 0.337 e. The minimum Gasteiger partial charge on any atom is -0.489 e. The van der Waals surface area contributed by atoms with Crippen molar-refractivity contribution in [1.82, 2.24) is 5.32 Å². The fourth-order valence-corrected chi connectivity index (χ4v) is 3.11. The molecule has 0 saturated carbocycles. The van der Waals surface area contributed by atoms with Crippen LogP contribution < -0.4 is 15.8 Å². The second-order valence-corrected chi connectivity index (χ2v) is 7.13. The standard InChI is InChI=1S/C25H24N2O5/c1-31-25(30)20-11-6-10-19(15-20)24(29)27-22(23(26)28)14-18-9-5-12-21(13-18)32-16-17-7-3-2-4-8-17/h2-13,15,22H,14,16H2,1H3,(H2,26,28)(H,27,29)/t22-/m1/s1.